The molecule has 0 aliphatic rings. The standard InChI is InChI=1S/C20H19ClF3NO3/c1-12(2)18(13-3-7-15(21)8-4-13)19(27)28-11-17(26)25-16-9-5-14(6-10-16)20(22,23)24/h3-10,12,18H,11H2,1-2H3,(H,25,26)/t18-/m1/s1. The van der Waals surface area contributed by atoms with E-state index in [0.717, 1.165) is 24.3 Å². The molecule has 2 rings (SSSR count). The molecule has 0 heterocycles. The highest BCUT2D eigenvalue weighted by Gasteiger charge is 2.30. The van der Waals surface area contributed by atoms with Gasteiger partial charge in [-0.3, -0.25) is 9.59 Å². The molecule has 0 radical (unpaired) electrons. The van der Waals surface area contributed by atoms with Crippen molar-refractivity contribution in [2.45, 2.75) is 25.9 Å². The Balaban J connectivity index is 1.95. The number of benzene rings is 2. The fraction of sp³-hybridized carbons (Fsp3) is 0.300. The Morgan fingerprint density at radius 1 is 1.04 bits per heavy atom. The Morgan fingerprint density at radius 2 is 1.61 bits per heavy atom. The lowest BCUT2D eigenvalue weighted by Gasteiger charge is -2.20. The molecule has 0 spiro atoms. The van der Waals surface area contributed by atoms with Crippen molar-refractivity contribution >= 4 is 29.2 Å². The van der Waals surface area contributed by atoms with E-state index in [1.165, 1.54) is 0 Å². The second-order valence-electron chi connectivity index (χ2n) is 6.50. The van der Waals surface area contributed by atoms with E-state index in [4.69, 9.17) is 16.3 Å². The van der Waals surface area contributed by atoms with Crippen molar-refractivity contribution < 1.29 is 27.5 Å². The summed E-state index contributed by atoms with van der Waals surface area (Å²) in [7, 11) is 0. The number of hydrogen-bond donors (Lipinski definition) is 1. The van der Waals surface area contributed by atoms with Crippen molar-refractivity contribution in [3.8, 4) is 0 Å². The first kappa shape index (κ1) is 21.8. The zero-order chi connectivity index (χ0) is 20.9. The van der Waals surface area contributed by atoms with Crippen LogP contribution in [0.5, 0.6) is 0 Å². The van der Waals surface area contributed by atoms with Gasteiger partial charge in [-0.1, -0.05) is 37.6 Å². The molecular formula is C20H19ClF3NO3. The minimum absolute atomic E-state index is 0.0772. The first-order valence-corrected chi connectivity index (χ1v) is 8.85. The van der Waals surface area contributed by atoms with Crippen LogP contribution in [-0.2, 0) is 20.5 Å². The molecule has 0 aliphatic heterocycles. The lowest BCUT2D eigenvalue weighted by molar-refractivity contribution is -0.149. The fourth-order valence-corrected chi connectivity index (χ4v) is 2.76. The maximum Gasteiger partial charge on any atom is 0.416 e. The molecular weight excluding hydrogens is 395 g/mol. The zero-order valence-corrected chi connectivity index (χ0v) is 16.0. The van der Waals surface area contributed by atoms with Gasteiger partial charge in [-0.15, -0.1) is 0 Å². The van der Waals surface area contributed by atoms with Crippen LogP contribution in [-0.4, -0.2) is 18.5 Å². The molecule has 0 bridgehead atoms. The molecule has 0 aliphatic carbocycles. The van der Waals surface area contributed by atoms with Gasteiger partial charge in [0.1, 0.15) is 0 Å². The van der Waals surface area contributed by atoms with Crippen molar-refractivity contribution in [3.63, 3.8) is 0 Å². The maximum absolute atomic E-state index is 12.5. The molecule has 0 unspecified atom stereocenters. The van der Waals surface area contributed by atoms with E-state index in [9.17, 15) is 22.8 Å². The molecule has 0 fully saturated rings. The highest BCUT2D eigenvalue weighted by molar-refractivity contribution is 6.30. The molecule has 150 valence electrons. The van der Waals surface area contributed by atoms with E-state index in [-0.39, 0.29) is 11.6 Å². The third-order valence-electron chi connectivity index (χ3n) is 3.99. The average Bonchev–Trinajstić information content (AvgIpc) is 2.61. The van der Waals surface area contributed by atoms with Gasteiger partial charge < -0.3 is 10.1 Å². The number of carbonyl (C=O) groups is 2. The summed E-state index contributed by atoms with van der Waals surface area (Å²) in [6, 6.07) is 10.7. The Hall–Kier alpha value is -2.54. The normalized spacial score (nSPS) is 12.5. The SMILES string of the molecule is CC(C)[C@@H](C(=O)OCC(=O)Nc1ccc(C(F)(F)F)cc1)c1ccc(Cl)cc1. The number of esters is 1. The maximum atomic E-state index is 12.5. The second-order valence-corrected chi connectivity index (χ2v) is 6.94. The molecule has 1 N–H and O–H groups in total. The van der Waals surface area contributed by atoms with Gasteiger partial charge in [0.2, 0.25) is 0 Å². The van der Waals surface area contributed by atoms with E-state index < -0.39 is 36.1 Å². The first-order chi connectivity index (χ1) is 13.1. The highest BCUT2D eigenvalue weighted by atomic mass is 35.5. The van der Waals surface area contributed by atoms with Crippen molar-refractivity contribution in [2.24, 2.45) is 5.92 Å². The molecule has 1 amide bonds. The molecule has 8 heteroatoms. The molecule has 1 atom stereocenters. The monoisotopic (exact) mass is 413 g/mol. The molecule has 0 saturated heterocycles. The van der Waals surface area contributed by atoms with Gasteiger partial charge >= 0.3 is 12.1 Å². The number of hydrogen-bond acceptors (Lipinski definition) is 3. The largest absolute Gasteiger partial charge is 0.455 e. The van der Waals surface area contributed by atoms with E-state index in [0.29, 0.717) is 10.6 Å². The quantitative estimate of drug-likeness (QED) is 0.655. The van der Waals surface area contributed by atoms with Gasteiger partial charge in [-0.05, 0) is 47.9 Å². The van der Waals surface area contributed by atoms with Crippen molar-refractivity contribution in [1.82, 2.24) is 0 Å². The van der Waals surface area contributed by atoms with Crippen LogP contribution in [0.1, 0.15) is 30.9 Å². The van der Waals surface area contributed by atoms with Gasteiger partial charge in [0.15, 0.2) is 6.61 Å². The number of nitrogens with one attached hydrogen (secondary N) is 1. The van der Waals surface area contributed by atoms with Gasteiger partial charge in [0, 0.05) is 10.7 Å². The van der Waals surface area contributed by atoms with Crippen LogP contribution in [0.25, 0.3) is 0 Å². The van der Waals surface area contributed by atoms with Crippen LogP contribution >= 0.6 is 11.6 Å². The summed E-state index contributed by atoms with van der Waals surface area (Å²) in [6.07, 6.45) is -4.45. The van der Waals surface area contributed by atoms with Crippen molar-refractivity contribution in [3.05, 3.63) is 64.7 Å². The minimum atomic E-state index is -4.45. The van der Waals surface area contributed by atoms with E-state index >= 15 is 0 Å². The van der Waals surface area contributed by atoms with Gasteiger partial charge in [0.25, 0.3) is 5.91 Å². The number of ether oxygens (including phenoxy) is 1. The Labute approximate surface area is 165 Å². The summed E-state index contributed by atoms with van der Waals surface area (Å²) in [4.78, 5) is 24.4. The molecule has 4 nitrogen and oxygen atoms in total. The van der Waals surface area contributed by atoms with Crippen LogP contribution in [0, 0.1) is 5.92 Å². The average molecular weight is 414 g/mol. The Morgan fingerprint density at radius 3 is 2.11 bits per heavy atom. The first-order valence-electron chi connectivity index (χ1n) is 8.47. The van der Waals surface area contributed by atoms with Gasteiger partial charge in [0.05, 0.1) is 11.5 Å². The highest BCUT2D eigenvalue weighted by Crippen LogP contribution is 2.30. The lowest BCUT2D eigenvalue weighted by atomic mass is 9.88. The Bertz CT molecular complexity index is 818. The number of carbonyl (C=O) groups excluding carboxylic acids is 2. The third kappa shape index (κ3) is 5.99. The third-order valence-corrected chi connectivity index (χ3v) is 4.24. The topological polar surface area (TPSA) is 55.4 Å². The van der Waals surface area contributed by atoms with Crippen molar-refractivity contribution in [2.75, 3.05) is 11.9 Å². The lowest BCUT2D eigenvalue weighted by Crippen LogP contribution is -2.26. The van der Waals surface area contributed by atoms with Crippen LogP contribution in [0.4, 0.5) is 18.9 Å². The number of amides is 1. The van der Waals surface area contributed by atoms with E-state index in [2.05, 4.69) is 5.32 Å². The van der Waals surface area contributed by atoms with E-state index in [1.807, 2.05) is 13.8 Å². The zero-order valence-electron chi connectivity index (χ0n) is 15.2. The minimum Gasteiger partial charge on any atom is -0.455 e. The summed E-state index contributed by atoms with van der Waals surface area (Å²) in [5, 5.41) is 2.93. The molecule has 2 aromatic rings. The summed E-state index contributed by atoms with van der Waals surface area (Å²) < 4.78 is 42.7. The summed E-state index contributed by atoms with van der Waals surface area (Å²) in [6.45, 7) is 3.16. The van der Waals surface area contributed by atoms with Crippen molar-refractivity contribution in [1.29, 1.82) is 0 Å². The summed E-state index contributed by atoms with van der Waals surface area (Å²) in [5.41, 5.74) is 0.0689. The number of alkyl halides is 3. The molecule has 28 heavy (non-hydrogen) atoms. The van der Waals surface area contributed by atoms with Gasteiger partial charge in [-0.2, -0.15) is 13.2 Å². The molecule has 2 aromatic carbocycles. The summed E-state index contributed by atoms with van der Waals surface area (Å²) in [5.74, 6) is -1.87. The van der Waals surface area contributed by atoms with Crippen LogP contribution < -0.4 is 5.32 Å². The smallest absolute Gasteiger partial charge is 0.416 e. The number of rotatable bonds is 6. The van der Waals surface area contributed by atoms with Crippen LogP contribution in [0.2, 0.25) is 5.02 Å². The molecule has 0 aromatic heterocycles. The summed E-state index contributed by atoms with van der Waals surface area (Å²) >= 11 is 5.86. The van der Waals surface area contributed by atoms with Gasteiger partial charge in [-0.25, -0.2) is 0 Å². The molecule has 0 saturated carbocycles. The van der Waals surface area contributed by atoms with Crippen LogP contribution in [0.3, 0.4) is 0 Å². The fourth-order valence-electron chi connectivity index (χ4n) is 2.63. The predicted molar refractivity (Wildman–Crippen MR) is 100 cm³/mol. The number of halogens is 4. The van der Waals surface area contributed by atoms with E-state index in [1.54, 1.807) is 24.3 Å². The number of anilines is 1. The Kier molecular flexibility index (Phi) is 7.07. The second kappa shape index (κ2) is 9.10. The predicted octanol–water partition coefficient (Wildman–Crippen LogP) is 5.28. The van der Waals surface area contributed by atoms with Crippen LogP contribution in [0.15, 0.2) is 48.5 Å².